The molecule has 1 N–H and O–H groups in total. The summed E-state index contributed by atoms with van der Waals surface area (Å²) >= 11 is 0. The van der Waals surface area contributed by atoms with Crippen LogP contribution in [-0.4, -0.2) is 30.5 Å². The molecule has 2 aromatic rings. The number of hydrogen-bond donors (Lipinski definition) is 1. The Labute approximate surface area is 149 Å². The number of alkyl carbamates (subject to hydrolysis) is 1. The van der Waals surface area contributed by atoms with E-state index in [1.807, 2.05) is 18.2 Å². The van der Waals surface area contributed by atoms with E-state index < -0.39 is 36.3 Å². The van der Waals surface area contributed by atoms with Gasteiger partial charge in [-0.1, -0.05) is 30.3 Å². The molecule has 1 atom stereocenters. The molecular weight excluding hydrogens is 341 g/mol. The molecule has 0 fully saturated rings. The molecule has 2 rings (SSSR count). The molecule has 0 unspecified atom stereocenters. The van der Waals surface area contributed by atoms with Gasteiger partial charge in [0.25, 0.3) is 0 Å². The first-order chi connectivity index (χ1) is 12.5. The Morgan fingerprint density at radius 2 is 1.65 bits per heavy atom. The van der Waals surface area contributed by atoms with E-state index in [4.69, 9.17) is 9.47 Å². The van der Waals surface area contributed by atoms with Crippen LogP contribution in [0.5, 0.6) is 0 Å². The van der Waals surface area contributed by atoms with Crippen LogP contribution in [0.4, 0.5) is 9.18 Å². The van der Waals surface area contributed by atoms with Crippen molar-refractivity contribution >= 4 is 17.8 Å². The van der Waals surface area contributed by atoms with Gasteiger partial charge in [-0.25, -0.2) is 14.0 Å². The van der Waals surface area contributed by atoms with Gasteiger partial charge in [0.1, 0.15) is 18.5 Å². The maximum Gasteiger partial charge on any atom is 0.408 e. The first kappa shape index (κ1) is 19.1. The molecule has 0 aliphatic carbocycles. The van der Waals surface area contributed by atoms with E-state index in [0.717, 1.165) is 17.7 Å². The number of ketones is 1. The molecule has 26 heavy (non-hydrogen) atoms. The zero-order valence-corrected chi connectivity index (χ0v) is 14.1. The Morgan fingerprint density at radius 1 is 1.00 bits per heavy atom. The maximum absolute atomic E-state index is 12.8. The zero-order chi connectivity index (χ0) is 18.9. The minimum Gasteiger partial charge on any atom is -0.456 e. The lowest BCUT2D eigenvalue weighted by molar-refractivity contribution is -0.144. The van der Waals surface area contributed by atoms with Crippen molar-refractivity contribution < 1.29 is 28.2 Å². The highest BCUT2D eigenvalue weighted by molar-refractivity contribution is 5.98. The number of carbonyl (C=O) groups is 3. The standard InChI is InChI=1S/C19H18FNO5/c1-13(21-19(24)26-11-14-5-3-2-4-6-14)18(23)25-12-17(22)15-7-9-16(20)10-8-15/h2-10,13H,11-12H2,1H3,(H,21,24)/t13-/m0/s1. The Hall–Kier alpha value is -3.22. The number of hydrogen-bond acceptors (Lipinski definition) is 5. The van der Waals surface area contributed by atoms with Crippen LogP contribution in [0.25, 0.3) is 0 Å². The topological polar surface area (TPSA) is 81.7 Å². The number of carbonyl (C=O) groups excluding carboxylic acids is 3. The van der Waals surface area contributed by atoms with Gasteiger partial charge in [-0.05, 0) is 36.8 Å². The second-order valence-corrected chi connectivity index (χ2v) is 5.47. The minimum absolute atomic E-state index is 0.0670. The van der Waals surface area contributed by atoms with E-state index in [2.05, 4.69) is 5.32 Å². The van der Waals surface area contributed by atoms with Crippen molar-refractivity contribution in [2.45, 2.75) is 19.6 Å². The van der Waals surface area contributed by atoms with Gasteiger partial charge in [-0.3, -0.25) is 4.79 Å². The van der Waals surface area contributed by atoms with Gasteiger partial charge < -0.3 is 14.8 Å². The average Bonchev–Trinajstić information content (AvgIpc) is 2.65. The quantitative estimate of drug-likeness (QED) is 0.607. The van der Waals surface area contributed by atoms with Crippen LogP contribution < -0.4 is 5.32 Å². The van der Waals surface area contributed by atoms with Crippen LogP contribution in [0.3, 0.4) is 0 Å². The molecule has 136 valence electrons. The number of esters is 1. The number of Topliss-reactive ketones (excluding diaryl/α,β-unsaturated/α-hetero) is 1. The molecule has 0 saturated heterocycles. The SMILES string of the molecule is C[C@H](NC(=O)OCc1ccccc1)C(=O)OCC(=O)c1ccc(F)cc1. The Morgan fingerprint density at radius 3 is 2.31 bits per heavy atom. The molecule has 1 amide bonds. The first-order valence-corrected chi connectivity index (χ1v) is 7.88. The van der Waals surface area contributed by atoms with Crippen molar-refractivity contribution in [3.63, 3.8) is 0 Å². The fourth-order valence-electron chi connectivity index (χ4n) is 1.98. The van der Waals surface area contributed by atoms with Gasteiger partial charge >= 0.3 is 12.1 Å². The van der Waals surface area contributed by atoms with Crippen molar-refractivity contribution in [2.24, 2.45) is 0 Å². The lowest BCUT2D eigenvalue weighted by Gasteiger charge is -2.13. The van der Waals surface area contributed by atoms with E-state index >= 15 is 0 Å². The van der Waals surface area contributed by atoms with E-state index in [-0.39, 0.29) is 12.2 Å². The van der Waals surface area contributed by atoms with Gasteiger partial charge in [-0.2, -0.15) is 0 Å². The van der Waals surface area contributed by atoms with E-state index in [1.165, 1.54) is 19.1 Å². The van der Waals surface area contributed by atoms with Crippen molar-refractivity contribution in [2.75, 3.05) is 6.61 Å². The Bertz CT molecular complexity index is 761. The number of halogens is 1. The molecule has 0 spiro atoms. The lowest BCUT2D eigenvalue weighted by atomic mass is 10.1. The summed E-state index contributed by atoms with van der Waals surface area (Å²) in [6.45, 7) is 0.974. The minimum atomic E-state index is -0.987. The number of amides is 1. The summed E-state index contributed by atoms with van der Waals surface area (Å²) in [6.07, 6.45) is -0.775. The van der Waals surface area contributed by atoms with Crippen LogP contribution in [0.2, 0.25) is 0 Å². The number of nitrogens with one attached hydrogen (secondary N) is 1. The fraction of sp³-hybridized carbons (Fsp3) is 0.211. The van der Waals surface area contributed by atoms with Crippen molar-refractivity contribution in [3.05, 3.63) is 71.5 Å². The van der Waals surface area contributed by atoms with E-state index in [0.29, 0.717) is 0 Å². The summed E-state index contributed by atoms with van der Waals surface area (Å²) in [5.41, 5.74) is 1.03. The molecule has 6 nitrogen and oxygen atoms in total. The number of ether oxygens (including phenoxy) is 2. The molecular formula is C19H18FNO5. The smallest absolute Gasteiger partial charge is 0.408 e. The summed E-state index contributed by atoms with van der Waals surface area (Å²) in [4.78, 5) is 35.4. The van der Waals surface area contributed by atoms with Gasteiger partial charge in [0.05, 0.1) is 0 Å². The van der Waals surface area contributed by atoms with Gasteiger partial charge in [-0.15, -0.1) is 0 Å². The van der Waals surface area contributed by atoms with Gasteiger partial charge in [0.2, 0.25) is 0 Å². The third-order valence-electron chi connectivity index (χ3n) is 3.41. The van der Waals surface area contributed by atoms with E-state index in [1.54, 1.807) is 12.1 Å². The van der Waals surface area contributed by atoms with Crippen molar-refractivity contribution in [1.82, 2.24) is 5.32 Å². The average molecular weight is 359 g/mol. The molecule has 0 bridgehead atoms. The van der Waals surface area contributed by atoms with Crippen LogP contribution in [-0.2, 0) is 20.9 Å². The molecule has 0 heterocycles. The van der Waals surface area contributed by atoms with Crippen LogP contribution >= 0.6 is 0 Å². The Kier molecular flexibility index (Phi) is 6.84. The molecule has 0 aliphatic heterocycles. The summed E-state index contributed by atoms with van der Waals surface area (Å²) in [7, 11) is 0. The molecule has 0 radical (unpaired) electrons. The van der Waals surface area contributed by atoms with Crippen molar-refractivity contribution in [1.29, 1.82) is 0 Å². The van der Waals surface area contributed by atoms with Gasteiger partial charge in [0, 0.05) is 5.56 Å². The second kappa shape index (κ2) is 9.31. The summed E-state index contributed by atoms with van der Waals surface area (Å²) in [5, 5.41) is 2.32. The number of rotatable bonds is 7. The predicted molar refractivity (Wildman–Crippen MR) is 90.9 cm³/mol. The third kappa shape index (κ3) is 6.01. The van der Waals surface area contributed by atoms with Crippen LogP contribution in [0, 0.1) is 5.82 Å². The Balaban J connectivity index is 1.73. The summed E-state index contributed by atoms with van der Waals surface area (Å²) in [5.74, 6) is -1.72. The van der Waals surface area contributed by atoms with E-state index in [9.17, 15) is 18.8 Å². The highest BCUT2D eigenvalue weighted by Crippen LogP contribution is 2.05. The fourth-order valence-corrected chi connectivity index (χ4v) is 1.98. The highest BCUT2D eigenvalue weighted by Gasteiger charge is 2.19. The lowest BCUT2D eigenvalue weighted by Crippen LogP contribution is -2.40. The summed E-state index contributed by atoms with van der Waals surface area (Å²) < 4.78 is 22.7. The molecule has 0 saturated carbocycles. The van der Waals surface area contributed by atoms with Gasteiger partial charge in [0.15, 0.2) is 12.4 Å². The number of benzene rings is 2. The first-order valence-electron chi connectivity index (χ1n) is 7.88. The van der Waals surface area contributed by atoms with Crippen LogP contribution in [0.1, 0.15) is 22.8 Å². The zero-order valence-electron chi connectivity index (χ0n) is 14.1. The molecule has 2 aromatic carbocycles. The van der Waals surface area contributed by atoms with Crippen LogP contribution in [0.15, 0.2) is 54.6 Å². The molecule has 7 heteroatoms. The summed E-state index contributed by atoms with van der Waals surface area (Å²) in [6, 6.07) is 13.0. The largest absolute Gasteiger partial charge is 0.456 e. The molecule has 0 aliphatic rings. The predicted octanol–water partition coefficient (Wildman–Crippen LogP) is 2.87. The monoisotopic (exact) mass is 359 g/mol. The molecule has 0 aromatic heterocycles. The highest BCUT2D eigenvalue weighted by atomic mass is 19.1. The second-order valence-electron chi connectivity index (χ2n) is 5.47. The van der Waals surface area contributed by atoms with Crippen molar-refractivity contribution in [3.8, 4) is 0 Å². The third-order valence-corrected chi connectivity index (χ3v) is 3.41. The normalized spacial score (nSPS) is 11.3. The maximum atomic E-state index is 12.8.